The van der Waals surface area contributed by atoms with Gasteiger partial charge in [-0.05, 0) is 57.6 Å². The molecule has 0 aromatic heterocycles. The van der Waals surface area contributed by atoms with Crippen molar-refractivity contribution in [3.63, 3.8) is 0 Å². The normalized spacial score (nSPS) is 26.7. The summed E-state index contributed by atoms with van der Waals surface area (Å²) in [4.78, 5) is 6.91. The molecule has 2 saturated heterocycles. The predicted octanol–water partition coefficient (Wildman–Crippen LogP) is 2.21. The molecule has 6 heteroatoms. The van der Waals surface area contributed by atoms with E-state index in [-0.39, 0.29) is 5.54 Å². The smallest absolute Gasteiger partial charge is 0.191 e. The zero-order valence-electron chi connectivity index (χ0n) is 13.6. The van der Waals surface area contributed by atoms with Crippen molar-refractivity contribution in [2.75, 3.05) is 37.7 Å². The molecule has 2 aliphatic heterocycles. The summed E-state index contributed by atoms with van der Waals surface area (Å²) in [5.41, 5.74) is 6.13. The molecule has 0 amide bonds. The summed E-state index contributed by atoms with van der Waals surface area (Å²) in [6.45, 7) is 10.4. The molecule has 0 radical (unpaired) electrons. The summed E-state index contributed by atoms with van der Waals surface area (Å²) in [6.07, 6.45) is 2.65. The van der Waals surface area contributed by atoms with E-state index in [1.807, 2.05) is 0 Å². The third kappa shape index (κ3) is 6.28. The Balaban J connectivity index is 1.92. The van der Waals surface area contributed by atoms with Crippen LogP contribution < -0.4 is 11.1 Å². The Bertz CT molecular complexity index is 348. The molecule has 2 rings (SSSR count). The van der Waals surface area contributed by atoms with E-state index in [1.165, 1.54) is 24.3 Å². The van der Waals surface area contributed by atoms with Gasteiger partial charge >= 0.3 is 0 Å². The maximum Gasteiger partial charge on any atom is 0.191 e. The van der Waals surface area contributed by atoms with Crippen molar-refractivity contribution in [3.05, 3.63) is 0 Å². The van der Waals surface area contributed by atoms with E-state index in [1.54, 1.807) is 0 Å². The van der Waals surface area contributed by atoms with Crippen LogP contribution in [0.4, 0.5) is 0 Å². The van der Waals surface area contributed by atoms with Gasteiger partial charge in [-0.3, -0.25) is 0 Å². The van der Waals surface area contributed by atoms with Crippen LogP contribution in [-0.4, -0.2) is 58.7 Å². The minimum Gasteiger partial charge on any atom is -0.370 e. The lowest BCUT2D eigenvalue weighted by molar-refractivity contribution is 0.360. The van der Waals surface area contributed by atoms with Gasteiger partial charge < -0.3 is 16.0 Å². The number of hydrogen-bond acceptors (Lipinski definition) is 4. The van der Waals surface area contributed by atoms with Gasteiger partial charge in [-0.15, -0.1) is 23.5 Å². The second kappa shape index (κ2) is 7.97. The standard InChI is InChI=1S/C15H30N4S2/c1-15(2,3)18-14(16)19-6-5-17-10-12(11-19)9-13-20-7-4-8-21-13/h12-13,17H,4-11H2,1-3H3,(H2,16,18). The molecule has 2 fully saturated rings. The molecule has 3 N–H and O–H groups in total. The number of hydrogen-bond donors (Lipinski definition) is 2. The van der Waals surface area contributed by atoms with E-state index in [0.717, 1.165) is 30.8 Å². The summed E-state index contributed by atoms with van der Waals surface area (Å²) in [5, 5.41) is 3.56. The number of guanidine groups is 1. The molecule has 0 aromatic rings. The quantitative estimate of drug-likeness (QED) is 0.600. The Labute approximate surface area is 138 Å². The van der Waals surface area contributed by atoms with E-state index in [4.69, 9.17) is 5.73 Å². The highest BCUT2D eigenvalue weighted by molar-refractivity contribution is 8.17. The number of nitrogens with zero attached hydrogens (tertiary/aromatic N) is 2. The number of nitrogens with two attached hydrogens (primary N) is 1. The topological polar surface area (TPSA) is 53.6 Å². The van der Waals surface area contributed by atoms with Crippen LogP contribution in [0.1, 0.15) is 33.6 Å². The Morgan fingerprint density at radius 2 is 2.05 bits per heavy atom. The lowest BCUT2D eigenvalue weighted by Gasteiger charge is -2.29. The fourth-order valence-corrected chi connectivity index (χ4v) is 5.82. The van der Waals surface area contributed by atoms with Crippen LogP contribution in [0.15, 0.2) is 4.99 Å². The van der Waals surface area contributed by atoms with Crippen LogP contribution in [0.3, 0.4) is 0 Å². The van der Waals surface area contributed by atoms with Crippen molar-refractivity contribution in [2.45, 2.75) is 43.7 Å². The average molecular weight is 331 g/mol. The molecule has 2 heterocycles. The first-order chi connectivity index (χ1) is 9.94. The largest absolute Gasteiger partial charge is 0.370 e. The van der Waals surface area contributed by atoms with E-state index in [0.29, 0.717) is 11.9 Å². The van der Waals surface area contributed by atoms with E-state index >= 15 is 0 Å². The van der Waals surface area contributed by atoms with Gasteiger partial charge in [0.05, 0.1) is 10.1 Å². The van der Waals surface area contributed by atoms with Crippen LogP contribution >= 0.6 is 23.5 Å². The van der Waals surface area contributed by atoms with Crippen LogP contribution in [0.2, 0.25) is 0 Å². The lowest BCUT2D eigenvalue weighted by atomic mass is 10.1. The third-order valence-corrected chi connectivity index (χ3v) is 6.66. The molecule has 4 nitrogen and oxygen atoms in total. The van der Waals surface area contributed by atoms with Crippen LogP contribution in [0.5, 0.6) is 0 Å². The first-order valence-corrected chi connectivity index (χ1v) is 10.1. The highest BCUT2D eigenvalue weighted by atomic mass is 32.2. The fraction of sp³-hybridized carbons (Fsp3) is 0.933. The van der Waals surface area contributed by atoms with E-state index in [9.17, 15) is 0 Å². The number of rotatable bonds is 2. The maximum atomic E-state index is 6.24. The fourth-order valence-electron chi connectivity index (χ4n) is 2.71. The zero-order valence-corrected chi connectivity index (χ0v) is 15.2. The Kier molecular flexibility index (Phi) is 6.56. The van der Waals surface area contributed by atoms with Gasteiger partial charge in [-0.1, -0.05) is 0 Å². The van der Waals surface area contributed by atoms with Gasteiger partial charge in [-0.25, -0.2) is 4.99 Å². The van der Waals surface area contributed by atoms with Gasteiger partial charge in [0.15, 0.2) is 5.96 Å². The van der Waals surface area contributed by atoms with Gasteiger partial charge in [-0.2, -0.15) is 0 Å². The van der Waals surface area contributed by atoms with Gasteiger partial charge in [0, 0.05) is 19.6 Å². The molecule has 0 aliphatic carbocycles. The molecule has 1 unspecified atom stereocenters. The lowest BCUT2D eigenvalue weighted by Crippen LogP contribution is -2.42. The molecule has 122 valence electrons. The molecule has 2 aliphatic rings. The van der Waals surface area contributed by atoms with Gasteiger partial charge in [0.1, 0.15) is 0 Å². The first kappa shape index (κ1) is 17.3. The second-order valence-corrected chi connectivity index (χ2v) is 9.84. The molecule has 0 aromatic carbocycles. The van der Waals surface area contributed by atoms with Crippen LogP contribution in [0, 0.1) is 5.92 Å². The minimum absolute atomic E-state index is 0.103. The molecule has 1 atom stereocenters. The van der Waals surface area contributed by atoms with Crippen LogP contribution in [-0.2, 0) is 0 Å². The summed E-state index contributed by atoms with van der Waals surface area (Å²) in [6, 6.07) is 0. The van der Waals surface area contributed by atoms with Gasteiger partial charge in [0.25, 0.3) is 0 Å². The molecule has 0 bridgehead atoms. The molecular formula is C15H30N4S2. The van der Waals surface area contributed by atoms with E-state index < -0.39 is 0 Å². The van der Waals surface area contributed by atoms with Crippen molar-refractivity contribution in [1.82, 2.24) is 10.2 Å². The SMILES string of the molecule is CC(C)(C)N=C(N)N1CCNCC(CC2SCCCS2)C1. The predicted molar refractivity (Wildman–Crippen MR) is 97.2 cm³/mol. The third-order valence-electron chi connectivity index (χ3n) is 3.67. The van der Waals surface area contributed by atoms with Crippen molar-refractivity contribution in [3.8, 4) is 0 Å². The average Bonchev–Trinajstić information content (AvgIpc) is 2.64. The van der Waals surface area contributed by atoms with Gasteiger partial charge in [0.2, 0.25) is 0 Å². The van der Waals surface area contributed by atoms with Crippen molar-refractivity contribution in [1.29, 1.82) is 0 Å². The highest BCUT2D eigenvalue weighted by Gasteiger charge is 2.25. The summed E-state index contributed by atoms with van der Waals surface area (Å²) >= 11 is 4.28. The second-order valence-electron chi connectivity index (χ2n) is 6.92. The molecule has 0 spiro atoms. The summed E-state index contributed by atoms with van der Waals surface area (Å²) in [5.74, 6) is 4.04. The zero-order chi connectivity index (χ0) is 15.3. The minimum atomic E-state index is -0.103. The summed E-state index contributed by atoms with van der Waals surface area (Å²) < 4.78 is 0.770. The monoisotopic (exact) mass is 330 g/mol. The molecular weight excluding hydrogens is 300 g/mol. The van der Waals surface area contributed by atoms with Crippen LogP contribution in [0.25, 0.3) is 0 Å². The van der Waals surface area contributed by atoms with Crippen molar-refractivity contribution in [2.24, 2.45) is 16.6 Å². The number of aliphatic imine (C=N–C) groups is 1. The van der Waals surface area contributed by atoms with Crippen molar-refractivity contribution >= 4 is 29.5 Å². The first-order valence-electron chi connectivity index (χ1n) is 7.98. The Morgan fingerprint density at radius 3 is 2.71 bits per heavy atom. The maximum absolute atomic E-state index is 6.24. The van der Waals surface area contributed by atoms with E-state index in [2.05, 4.69) is 59.5 Å². The Hall–Kier alpha value is -0.0700. The Morgan fingerprint density at radius 1 is 1.33 bits per heavy atom. The van der Waals surface area contributed by atoms with Crippen molar-refractivity contribution < 1.29 is 0 Å². The molecule has 0 saturated carbocycles. The molecule has 21 heavy (non-hydrogen) atoms. The highest BCUT2D eigenvalue weighted by Crippen LogP contribution is 2.35. The number of nitrogens with one attached hydrogen (secondary N) is 1. The number of thioether (sulfide) groups is 2. The summed E-state index contributed by atoms with van der Waals surface area (Å²) in [7, 11) is 0.